The van der Waals surface area contributed by atoms with E-state index < -0.39 is 18.4 Å². The van der Waals surface area contributed by atoms with E-state index in [2.05, 4.69) is 45.9 Å². The lowest BCUT2D eigenvalue weighted by atomic mass is 9.95. The number of rotatable bonds is 12. The maximum absolute atomic E-state index is 14.6. The highest BCUT2D eigenvalue weighted by Gasteiger charge is 2.41. The summed E-state index contributed by atoms with van der Waals surface area (Å²) < 4.78 is 0. The van der Waals surface area contributed by atoms with Gasteiger partial charge in [-0.2, -0.15) is 0 Å². The van der Waals surface area contributed by atoms with Crippen molar-refractivity contribution in [2.75, 3.05) is 30.4 Å². The number of amides is 4. The number of nitrogens with zero attached hydrogens (tertiary/aromatic N) is 7. The van der Waals surface area contributed by atoms with Crippen LogP contribution in [-0.4, -0.2) is 94.0 Å². The molecule has 5 atom stereocenters. The van der Waals surface area contributed by atoms with Gasteiger partial charge in [0.2, 0.25) is 11.9 Å². The largest absolute Gasteiger partial charge is 0.374 e. The minimum absolute atomic E-state index is 0.155. The summed E-state index contributed by atoms with van der Waals surface area (Å²) in [4.78, 5) is 65.9. The zero-order chi connectivity index (χ0) is 44.2. The number of anilines is 2. The van der Waals surface area contributed by atoms with Gasteiger partial charge in [-0.15, -0.1) is 0 Å². The van der Waals surface area contributed by atoms with Gasteiger partial charge in [-0.3, -0.25) is 29.8 Å². The van der Waals surface area contributed by atoms with Crippen LogP contribution < -0.4 is 20.9 Å². The number of aryl methyl sites for hydroxylation is 1. The van der Waals surface area contributed by atoms with Gasteiger partial charge in [0.1, 0.15) is 25.0 Å². The molecule has 3 aromatic carbocycles. The second-order valence-corrected chi connectivity index (χ2v) is 16.9. The molecule has 8 rings (SSSR count). The van der Waals surface area contributed by atoms with Crippen LogP contribution in [0.3, 0.4) is 0 Å². The number of carbonyl (C=O) groups excluding carboxylic acids is 3. The van der Waals surface area contributed by atoms with Crippen molar-refractivity contribution in [3.8, 4) is 0 Å². The first-order valence-corrected chi connectivity index (χ1v) is 21.5. The topological polar surface area (TPSA) is 167 Å². The van der Waals surface area contributed by atoms with E-state index in [0.717, 1.165) is 33.8 Å². The fourth-order valence-electron chi connectivity index (χ4n) is 8.37. The average Bonchev–Trinajstić information content (AvgIpc) is 3.39. The number of aliphatic hydroxyl groups is 1. The highest BCUT2D eigenvalue weighted by atomic mass is 16.3. The Morgan fingerprint density at radius 3 is 2.44 bits per heavy atom. The van der Waals surface area contributed by atoms with E-state index in [1.54, 1.807) is 29.1 Å². The van der Waals surface area contributed by atoms with Crippen molar-refractivity contribution in [3.63, 3.8) is 0 Å². The Balaban J connectivity index is 1.04. The highest BCUT2D eigenvalue weighted by Crippen LogP contribution is 2.34. The van der Waals surface area contributed by atoms with Crippen molar-refractivity contribution >= 4 is 47.1 Å². The van der Waals surface area contributed by atoms with Gasteiger partial charge in [0, 0.05) is 54.9 Å². The van der Waals surface area contributed by atoms with Crippen LogP contribution in [0.4, 0.5) is 16.2 Å². The summed E-state index contributed by atoms with van der Waals surface area (Å²) in [5, 5.41) is 21.4. The summed E-state index contributed by atoms with van der Waals surface area (Å²) in [6, 6.07) is 27.4. The molecule has 0 bridgehead atoms. The summed E-state index contributed by atoms with van der Waals surface area (Å²) >= 11 is 0. The van der Waals surface area contributed by atoms with Gasteiger partial charge in [0.15, 0.2) is 0 Å². The van der Waals surface area contributed by atoms with E-state index in [-0.39, 0.29) is 42.3 Å². The zero-order valence-corrected chi connectivity index (χ0v) is 36.3. The molecule has 4 aromatic rings. The molecular formula is C49H54N10O4. The molecule has 1 saturated heterocycles. The number of allylic oxidation sites excluding steroid dienone is 1. The number of carbonyl (C=O) groups is 3. The minimum atomic E-state index is -1.17. The number of guanidine groups is 1. The van der Waals surface area contributed by atoms with Crippen molar-refractivity contribution < 1.29 is 19.5 Å². The molecule has 63 heavy (non-hydrogen) atoms. The van der Waals surface area contributed by atoms with Crippen molar-refractivity contribution in [3.05, 3.63) is 149 Å². The van der Waals surface area contributed by atoms with Crippen molar-refractivity contribution in [2.24, 2.45) is 26.8 Å². The SMILES string of the molecule is CC1=CCC(NC(O)c2ccc3c(c2)N(CC(=O)NCc2ccccc2)C(=O)[C@H](CC(C)C)N=C3c2ccccc2)C=C1N1CC2C=NC(Nc3ccc(C)nc3)=NC2N(C)C1=O. The van der Waals surface area contributed by atoms with Crippen LogP contribution in [0.2, 0.25) is 0 Å². The Bertz CT molecular complexity index is 2500. The Morgan fingerprint density at radius 2 is 1.71 bits per heavy atom. The second kappa shape index (κ2) is 18.7. The number of hydrogen-bond acceptors (Lipinski definition) is 10. The van der Waals surface area contributed by atoms with E-state index in [1.807, 2.05) is 111 Å². The monoisotopic (exact) mass is 846 g/mol. The van der Waals surface area contributed by atoms with E-state index in [4.69, 9.17) is 9.98 Å². The quantitative estimate of drug-likeness (QED) is 0.121. The number of pyridine rings is 1. The Kier molecular flexibility index (Phi) is 12.7. The molecule has 0 radical (unpaired) electrons. The van der Waals surface area contributed by atoms with E-state index in [1.165, 1.54) is 4.90 Å². The average molecular weight is 847 g/mol. The van der Waals surface area contributed by atoms with Crippen LogP contribution in [0.25, 0.3) is 0 Å². The maximum Gasteiger partial charge on any atom is 0.325 e. The molecular weight excluding hydrogens is 793 g/mol. The number of aliphatic hydroxyl groups excluding tert-OH is 1. The third kappa shape index (κ3) is 9.67. The molecule has 4 N–H and O–H groups in total. The van der Waals surface area contributed by atoms with E-state index in [9.17, 15) is 19.5 Å². The molecule has 324 valence electrons. The van der Waals surface area contributed by atoms with Crippen molar-refractivity contribution in [1.82, 2.24) is 25.4 Å². The maximum atomic E-state index is 14.6. The lowest BCUT2D eigenvalue weighted by Gasteiger charge is -2.44. The highest BCUT2D eigenvalue weighted by molar-refractivity contribution is 6.20. The van der Waals surface area contributed by atoms with Crippen LogP contribution in [-0.2, 0) is 16.1 Å². The van der Waals surface area contributed by atoms with Crippen LogP contribution in [0.1, 0.15) is 67.8 Å². The predicted octanol–water partition coefficient (Wildman–Crippen LogP) is 6.35. The zero-order valence-electron chi connectivity index (χ0n) is 36.3. The third-order valence-corrected chi connectivity index (χ3v) is 11.7. The minimum Gasteiger partial charge on any atom is -0.374 e. The molecule has 4 aliphatic rings. The van der Waals surface area contributed by atoms with E-state index in [0.29, 0.717) is 54.4 Å². The predicted molar refractivity (Wildman–Crippen MR) is 246 cm³/mol. The Morgan fingerprint density at radius 1 is 0.952 bits per heavy atom. The number of aromatic nitrogens is 1. The number of urea groups is 1. The number of nitrogens with one attached hydrogen (secondary N) is 3. The molecule has 0 saturated carbocycles. The fraction of sp³-hybridized carbons (Fsp3) is 0.327. The van der Waals surface area contributed by atoms with Gasteiger partial charge in [0.05, 0.1) is 29.2 Å². The second-order valence-electron chi connectivity index (χ2n) is 16.9. The molecule has 14 nitrogen and oxygen atoms in total. The van der Waals surface area contributed by atoms with Gasteiger partial charge < -0.3 is 25.5 Å². The van der Waals surface area contributed by atoms with Crippen molar-refractivity contribution in [2.45, 2.75) is 71.6 Å². The Hall–Kier alpha value is -6.77. The molecule has 1 aliphatic carbocycles. The van der Waals surface area contributed by atoms with Crippen LogP contribution in [0, 0.1) is 18.8 Å². The summed E-state index contributed by atoms with van der Waals surface area (Å²) in [6.07, 6.45) is 7.08. The summed E-state index contributed by atoms with van der Waals surface area (Å²) in [7, 11) is 1.75. The molecule has 14 heteroatoms. The number of benzene rings is 3. The number of hydrogen-bond donors (Lipinski definition) is 4. The standard InChI is InChI=1S/C49H54N10O4/c1-30(2)22-40-47(62)58(29-43(60)51-25-33-12-8-6-9-13-33)42-23-35(18-21-39(42)44(55-40)34-14-10-7-11-15-34)46(61)53-37-19-16-31(3)41(24-37)59-28-36-26-52-48(56-45(36)57(5)49(59)63)54-38-20-17-32(4)50-27-38/h6-18,20-21,23-24,26-27,30,36-37,40,45-46,53,61H,19,22,25,28-29H2,1-5H3,(H,51,60)(H,54,56)/t36?,37?,40-,45?,46?/m0/s1. The van der Waals surface area contributed by atoms with E-state index >= 15 is 0 Å². The smallest absolute Gasteiger partial charge is 0.325 e. The van der Waals surface area contributed by atoms with Gasteiger partial charge in [0.25, 0.3) is 5.91 Å². The van der Waals surface area contributed by atoms with Gasteiger partial charge >= 0.3 is 6.03 Å². The van der Waals surface area contributed by atoms with Gasteiger partial charge in [-0.05, 0) is 73.6 Å². The molecule has 0 spiro atoms. The van der Waals surface area contributed by atoms with Crippen LogP contribution in [0.5, 0.6) is 0 Å². The normalized spacial score (nSPS) is 21.4. The molecule has 4 heterocycles. The van der Waals surface area contributed by atoms with Gasteiger partial charge in [-0.25, -0.2) is 14.8 Å². The summed E-state index contributed by atoms with van der Waals surface area (Å²) in [5.41, 5.74) is 7.46. The van der Waals surface area contributed by atoms with Crippen molar-refractivity contribution in [1.29, 1.82) is 0 Å². The lowest BCUT2D eigenvalue weighted by molar-refractivity contribution is -0.124. The molecule has 4 unspecified atom stereocenters. The number of aliphatic imine (C=N–C) groups is 3. The molecule has 1 aromatic heterocycles. The molecule has 1 fully saturated rings. The van der Waals surface area contributed by atoms with Crippen LogP contribution in [0.15, 0.2) is 136 Å². The summed E-state index contributed by atoms with van der Waals surface area (Å²) in [6.45, 7) is 8.47. The first-order chi connectivity index (χ1) is 30.4. The van der Waals surface area contributed by atoms with Gasteiger partial charge in [-0.1, -0.05) is 92.7 Å². The third-order valence-electron chi connectivity index (χ3n) is 11.7. The Labute approximate surface area is 368 Å². The number of benzodiazepines with no additional fused rings is 1. The first-order valence-electron chi connectivity index (χ1n) is 21.5. The first kappa shape index (κ1) is 42.9. The molecule has 4 amide bonds. The summed E-state index contributed by atoms with van der Waals surface area (Å²) in [5.74, 6) is -0.183. The van der Waals surface area contributed by atoms with Crippen LogP contribution >= 0.6 is 0 Å². The fourth-order valence-corrected chi connectivity index (χ4v) is 8.37. The lowest BCUT2D eigenvalue weighted by Crippen LogP contribution is -2.58. The molecule has 3 aliphatic heterocycles. The number of fused-ring (bicyclic) bond motifs is 2.